The third-order valence-electron chi connectivity index (χ3n) is 7.08. The highest BCUT2D eigenvalue weighted by molar-refractivity contribution is 8.02. The summed E-state index contributed by atoms with van der Waals surface area (Å²) in [5.74, 6) is -1.61. The van der Waals surface area contributed by atoms with E-state index < -0.39 is 28.7 Å². The molecule has 1 spiro atoms. The zero-order valence-corrected chi connectivity index (χ0v) is 19.9. The Hall–Kier alpha value is -2.06. The lowest BCUT2D eigenvalue weighted by molar-refractivity contribution is -0.143. The molecule has 3 heterocycles. The number of aliphatic hydroxyl groups excluding tert-OH is 1. The number of fused-ring (bicyclic) bond motifs is 1. The number of carbonyl (C=O) groups excluding carboxylic acids is 3. The van der Waals surface area contributed by atoms with Crippen LogP contribution in [0.3, 0.4) is 0 Å². The van der Waals surface area contributed by atoms with Gasteiger partial charge in [0.25, 0.3) is 0 Å². The monoisotopic (exact) mass is 459 g/mol. The zero-order chi connectivity index (χ0) is 23.2. The van der Waals surface area contributed by atoms with Crippen LogP contribution in [-0.4, -0.2) is 62.5 Å². The summed E-state index contributed by atoms with van der Waals surface area (Å²) in [5, 5.41) is 16.1. The van der Waals surface area contributed by atoms with Crippen LogP contribution in [0.5, 0.6) is 0 Å². The number of amides is 3. The number of nitrogens with zero attached hydrogens (tertiary/aromatic N) is 1. The lowest BCUT2D eigenvalue weighted by Crippen LogP contribution is -2.58. The van der Waals surface area contributed by atoms with Crippen LogP contribution in [0.2, 0.25) is 0 Å². The van der Waals surface area contributed by atoms with Crippen LogP contribution < -0.4 is 10.6 Å². The predicted octanol–water partition coefficient (Wildman–Crippen LogP) is 2.26. The van der Waals surface area contributed by atoms with Gasteiger partial charge in [-0.25, -0.2) is 0 Å². The molecule has 0 aliphatic carbocycles. The van der Waals surface area contributed by atoms with Crippen LogP contribution >= 0.6 is 11.8 Å². The highest BCUT2D eigenvalue weighted by atomic mass is 32.2. The molecule has 0 aromatic heterocycles. The van der Waals surface area contributed by atoms with Crippen LogP contribution in [-0.2, 0) is 14.4 Å². The first kappa shape index (κ1) is 23.1. The fourth-order valence-electron chi connectivity index (χ4n) is 5.78. The van der Waals surface area contributed by atoms with E-state index in [2.05, 4.69) is 10.6 Å². The van der Waals surface area contributed by atoms with E-state index in [4.69, 9.17) is 0 Å². The van der Waals surface area contributed by atoms with Gasteiger partial charge in [-0.1, -0.05) is 32.0 Å². The molecule has 2 unspecified atom stereocenters. The molecule has 3 aliphatic heterocycles. The third kappa shape index (κ3) is 3.61. The highest BCUT2D eigenvalue weighted by Crippen LogP contribution is 2.66. The lowest BCUT2D eigenvalue weighted by Gasteiger charge is -2.38. The summed E-state index contributed by atoms with van der Waals surface area (Å²) in [4.78, 5) is 42.3. The number of benzene rings is 1. The van der Waals surface area contributed by atoms with Gasteiger partial charge in [0.05, 0.1) is 29.2 Å². The molecule has 3 N–H and O–H groups in total. The third-order valence-corrected chi connectivity index (χ3v) is 9.03. The summed E-state index contributed by atoms with van der Waals surface area (Å²) in [7, 11) is 0. The summed E-state index contributed by atoms with van der Waals surface area (Å²) < 4.78 is -0.637. The molecule has 8 heteroatoms. The molecule has 2 bridgehead atoms. The first-order valence-corrected chi connectivity index (χ1v) is 12.4. The Balaban J connectivity index is 1.72. The first-order chi connectivity index (χ1) is 15.2. The van der Waals surface area contributed by atoms with E-state index >= 15 is 0 Å². The minimum atomic E-state index is -0.688. The Labute approximate surface area is 193 Å². The fraction of sp³-hybridized carbons (Fsp3) is 0.625. The molecule has 1 aromatic carbocycles. The Morgan fingerprint density at radius 1 is 1.19 bits per heavy atom. The van der Waals surface area contributed by atoms with Gasteiger partial charge in [-0.3, -0.25) is 14.4 Å². The molecule has 0 saturated carbocycles. The van der Waals surface area contributed by atoms with Crippen LogP contribution in [0, 0.1) is 17.8 Å². The number of hydrogen-bond donors (Lipinski definition) is 3. The Morgan fingerprint density at radius 2 is 1.88 bits per heavy atom. The van der Waals surface area contributed by atoms with Crippen LogP contribution in [0.15, 0.2) is 30.3 Å². The van der Waals surface area contributed by atoms with Crippen molar-refractivity contribution in [2.75, 3.05) is 11.9 Å². The number of hydrogen-bond acceptors (Lipinski definition) is 5. The maximum atomic E-state index is 13.9. The van der Waals surface area contributed by atoms with Gasteiger partial charge in [0.1, 0.15) is 6.04 Å². The maximum Gasteiger partial charge on any atom is 0.244 e. The van der Waals surface area contributed by atoms with Crippen molar-refractivity contribution in [1.29, 1.82) is 0 Å². The second kappa shape index (κ2) is 8.71. The Kier molecular flexibility index (Phi) is 6.29. The number of carbonyl (C=O) groups is 3. The van der Waals surface area contributed by atoms with E-state index in [0.29, 0.717) is 5.69 Å². The van der Waals surface area contributed by atoms with Gasteiger partial charge < -0.3 is 20.6 Å². The second-order valence-electron chi connectivity index (χ2n) is 9.81. The number of nitrogens with one attached hydrogen (secondary N) is 2. The number of thioether (sulfide) groups is 1. The van der Waals surface area contributed by atoms with E-state index in [0.717, 1.165) is 12.8 Å². The molecule has 1 aromatic rings. The van der Waals surface area contributed by atoms with Gasteiger partial charge in [-0.15, -0.1) is 11.8 Å². The van der Waals surface area contributed by atoms with Gasteiger partial charge in [0.2, 0.25) is 17.7 Å². The van der Waals surface area contributed by atoms with Crippen molar-refractivity contribution >= 4 is 35.2 Å². The van der Waals surface area contributed by atoms with E-state index in [1.807, 2.05) is 58.0 Å². The molecule has 174 valence electrons. The average Bonchev–Trinajstić information content (AvgIpc) is 3.36. The Bertz CT molecular complexity index is 892. The summed E-state index contributed by atoms with van der Waals surface area (Å²) in [6, 6.07) is 8.03. The van der Waals surface area contributed by atoms with E-state index in [1.54, 1.807) is 16.7 Å². The van der Waals surface area contributed by atoms with Gasteiger partial charge >= 0.3 is 0 Å². The number of likely N-dealkylation sites (tertiary alicyclic amines) is 1. The molecule has 4 rings (SSSR count). The molecule has 6 atom stereocenters. The summed E-state index contributed by atoms with van der Waals surface area (Å²) in [5.41, 5.74) is 0.700. The summed E-state index contributed by atoms with van der Waals surface area (Å²) in [6.45, 7) is 7.47. The van der Waals surface area contributed by atoms with Gasteiger partial charge in [-0.05, 0) is 44.7 Å². The normalized spacial score (nSPS) is 31.8. The molecule has 3 fully saturated rings. The van der Waals surface area contributed by atoms with Crippen molar-refractivity contribution in [3.05, 3.63) is 30.3 Å². The molecule has 3 aliphatic rings. The molecule has 3 saturated heterocycles. The molecular weight excluding hydrogens is 426 g/mol. The number of rotatable bonds is 7. The number of aliphatic hydroxyl groups is 1. The zero-order valence-electron chi connectivity index (χ0n) is 19.1. The average molecular weight is 460 g/mol. The van der Waals surface area contributed by atoms with Gasteiger partial charge in [0, 0.05) is 17.0 Å². The smallest absolute Gasteiger partial charge is 0.244 e. The predicted molar refractivity (Wildman–Crippen MR) is 125 cm³/mol. The second-order valence-corrected chi connectivity index (χ2v) is 11.4. The van der Waals surface area contributed by atoms with Crippen molar-refractivity contribution in [2.24, 2.45) is 17.8 Å². The van der Waals surface area contributed by atoms with E-state index in [1.165, 1.54) is 0 Å². The summed E-state index contributed by atoms with van der Waals surface area (Å²) in [6.07, 6.45) is 1.52. The van der Waals surface area contributed by atoms with Crippen molar-refractivity contribution < 1.29 is 19.5 Å². The van der Waals surface area contributed by atoms with Crippen molar-refractivity contribution in [3.63, 3.8) is 0 Å². The number of para-hydroxylation sites is 1. The first-order valence-electron chi connectivity index (χ1n) is 11.5. The highest BCUT2D eigenvalue weighted by Gasteiger charge is 2.74. The van der Waals surface area contributed by atoms with E-state index in [-0.39, 0.29) is 41.5 Å². The molecule has 0 radical (unpaired) electrons. The van der Waals surface area contributed by atoms with Crippen molar-refractivity contribution in [1.82, 2.24) is 10.2 Å². The van der Waals surface area contributed by atoms with Crippen molar-refractivity contribution in [3.8, 4) is 0 Å². The summed E-state index contributed by atoms with van der Waals surface area (Å²) >= 11 is 1.64. The van der Waals surface area contributed by atoms with Crippen LogP contribution in [0.1, 0.15) is 40.5 Å². The van der Waals surface area contributed by atoms with Gasteiger partial charge in [-0.2, -0.15) is 0 Å². The number of anilines is 1. The minimum absolute atomic E-state index is 0.00999. The minimum Gasteiger partial charge on any atom is -0.394 e. The molecule has 7 nitrogen and oxygen atoms in total. The SMILES string of the molecule is CC(C)NC(=O)C1N([C@@H](CO)C(C)C)C(=O)[C@@H]2[C@@H](C(=O)Nc3ccccc3)[C@H]3CCC12S3. The molecule has 3 amide bonds. The lowest BCUT2D eigenvalue weighted by atomic mass is 9.70. The maximum absolute atomic E-state index is 13.9. The standard InChI is InChI=1S/C24H33N3O4S/c1-13(2)16(12-28)27-20(22(30)25-14(3)4)24-11-10-17(32-24)18(19(24)23(27)31)21(29)26-15-8-6-5-7-9-15/h5-9,13-14,16-20,28H,10-12H2,1-4H3,(H,25,30)(H,26,29)/t16-,17+,18-,19-,20?,24?/m0/s1. The largest absolute Gasteiger partial charge is 0.394 e. The van der Waals surface area contributed by atoms with E-state index in [9.17, 15) is 19.5 Å². The van der Waals surface area contributed by atoms with Gasteiger partial charge in [0.15, 0.2) is 0 Å². The molecule has 32 heavy (non-hydrogen) atoms. The van der Waals surface area contributed by atoms with Crippen LogP contribution in [0.25, 0.3) is 0 Å². The fourth-order valence-corrected chi connectivity index (χ4v) is 7.98. The van der Waals surface area contributed by atoms with Crippen molar-refractivity contribution in [2.45, 2.75) is 68.7 Å². The quantitative estimate of drug-likeness (QED) is 0.581. The Morgan fingerprint density at radius 3 is 2.47 bits per heavy atom. The van der Waals surface area contributed by atoms with Crippen LogP contribution in [0.4, 0.5) is 5.69 Å². The molecular formula is C24H33N3O4S. The topological polar surface area (TPSA) is 98.7 Å².